The van der Waals surface area contributed by atoms with Crippen LogP contribution in [0.25, 0.3) is 0 Å². The predicted octanol–water partition coefficient (Wildman–Crippen LogP) is 2.26. The molecule has 0 bridgehead atoms. The summed E-state index contributed by atoms with van der Waals surface area (Å²) in [7, 11) is 0. The summed E-state index contributed by atoms with van der Waals surface area (Å²) in [6.45, 7) is 1.81. The standard InChI is InChI=1S/C17H18N2O3S/c1-17(21,13-7-8-23-10-13)11-18-16(20)15-9-14(19-22-15)12-5-3-2-4-6-12/h2-8,10,15,21H,9,11H2,1H3,(H,18,20)/t15-,17+/m1/s1. The summed E-state index contributed by atoms with van der Waals surface area (Å²) >= 11 is 1.51. The molecule has 2 aromatic rings. The van der Waals surface area contributed by atoms with E-state index in [4.69, 9.17) is 4.84 Å². The van der Waals surface area contributed by atoms with E-state index in [0.29, 0.717) is 6.42 Å². The Hall–Kier alpha value is -2.18. The minimum Gasteiger partial charge on any atom is -0.384 e. The van der Waals surface area contributed by atoms with Crippen molar-refractivity contribution in [3.63, 3.8) is 0 Å². The van der Waals surface area contributed by atoms with Crippen molar-refractivity contribution in [3.05, 3.63) is 58.3 Å². The molecule has 5 nitrogen and oxygen atoms in total. The highest BCUT2D eigenvalue weighted by atomic mass is 32.1. The second-order valence-electron chi connectivity index (χ2n) is 5.71. The number of carbonyl (C=O) groups excluding carboxylic acids is 1. The molecule has 0 radical (unpaired) electrons. The van der Waals surface area contributed by atoms with Crippen LogP contribution in [0, 0.1) is 0 Å². The summed E-state index contributed by atoms with van der Waals surface area (Å²) in [6.07, 6.45) is -0.223. The number of hydrogen-bond acceptors (Lipinski definition) is 5. The zero-order chi connectivity index (χ0) is 16.3. The number of aliphatic hydroxyl groups is 1. The molecular formula is C17H18N2O3S. The smallest absolute Gasteiger partial charge is 0.264 e. The van der Waals surface area contributed by atoms with Crippen LogP contribution in [0.15, 0.2) is 52.3 Å². The zero-order valence-electron chi connectivity index (χ0n) is 12.7. The van der Waals surface area contributed by atoms with Crippen molar-refractivity contribution < 1.29 is 14.7 Å². The van der Waals surface area contributed by atoms with Crippen molar-refractivity contribution in [2.24, 2.45) is 5.16 Å². The molecule has 1 aromatic carbocycles. The first-order valence-electron chi connectivity index (χ1n) is 7.37. The summed E-state index contributed by atoms with van der Waals surface area (Å²) in [4.78, 5) is 17.5. The summed E-state index contributed by atoms with van der Waals surface area (Å²) < 4.78 is 0. The summed E-state index contributed by atoms with van der Waals surface area (Å²) in [5, 5.41) is 20.9. The maximum Gasteiger partial charge on any atom is 0.264 e. The van der Waals surface area contributed by atoms with Crippen LogP contribution in [0.5, 0.6) is 0 Å². The van der Waals surface area contributed by atoms with E-state index in [-0.39, 0.29) is 12.5 Å². The average molecular weight is 330 g/mol. The van der Waals surface area contributed by atoms with Gasteiger partial charge in [-0.1, -0.05) is 35.5 Å². The third-order valence-corrected chi connectivity index (χ3v) is 4.50. The molecule has 0 saturated heterocycles. The highest BCUT2D eigenvalue weighted by Crippen LogP contribution is 2.22. The van der Waals surface area contributed by atoms with Gasteiger partial charge in [-0.25, -0.2) is 0 Å². The van der Waals surface area contributed by atoms with Crippen LogP contribution in [-0.2, 0) is 15.2 Å². The molecule has 120 valence electrons. The number of carbonyl (C=O) groups is 1. The molecule has 0 unspecified atom stereocenters. The number of thiophene rings is 1. The third-order valence-electron chi connectivity index (χ3n) is 3.82. The van der Waals surface area contributed by atoms with Gasteiger partial charge in [-0.05, 0) is 34.9 Å². The van der Waals surface area contributed by atoms with E-state index >= 15 is 0 Å². The van der Waals surface area contributed by atoms with Crippen molar-refractivity contribution in [3.8, 4) is 0 Å². The van der Waals surface area contributed by atoms with Crippen molar-refractivity contribution in [2.45, 2.75) is 25.0 Å². The maximum atomic E-state index is 12.2. The average Bonchev–Trinajstić information content (AvgIpc) is 3.25. The van der Waals surface area contributed by atoms with Crippen molar-refractivity contribution in [1.29, 1.82) is 0 Å². The minimum atomic E-state index is -1.10. The molecule has 1 amide bonds. The Bertz CT molecular complexity index is 696. The van der Waals surface area contributed by atoms with Crippen LogP contribution in [0.1, 0.15) is 24.5 Å². The predicted molar refractivity (Wildman–Crippen MR) is 89.4 cm³/mol. The van der Waals surface area contributed by atoms with Gasteiger partial charge in [0.25, 0.3) is 5.91 Å². The highest BCUT2D eigenvalue weighted by molar-refractivity contribution is 7.08. The number of rotatable bonds is 5. The van der Waals surface area contributed by atoms with Gasteiger partial charge in [0, 0.05) is 6.42 Å². The van der Waals surface area contributed by atoms with Gasteiger partial charge in [-0.3, -0.25) is 4.79 Å². The summed E-state index contributed by atoms with van der Waals surface area (Å²) in [5.74, 6) is -0.268. The molecule has 2 heterocycles. The Labute approximate surface area is 138 Å². The molecule has 0 aliphatic carbocycles. The Balaban J connectivity index is 1.55. The molecule has 0 spiro atoms. The molecule has 3 rings (SSSR count). The first-order chi connectivity index (χ1) is 11.1. The van der Waals surface area contributed by atoms with Gasteiger partial charge in [0.05, 0.1) is 12.3 Å². The topological polar surface area (TPSA) is 70.9 Å². The molecule has 0 saturated carbocycles. The number of benzene rings is 1. The molecular weight excluding hydrogens is 312 g/mol. The molecule has 6 heteroatoms. The summed E-state index contributed by atoms with van der Waals surface area (Å²) in [6, 6.07) is 11.5. The van der Waals surface area contributed by atoms with Crippen LogP contribution >= 0.6 is 11.3 Å². The fourth-order valence-electron chi connectivity index (χ4n) is 2.37. The number of amides is 1. The quantitative estimate of drug-likeness (QED) is 0.883. The van der Waals surface area contributed by atoms with Crippen LogP contribution in [0.4, 0.5) is 0 Å². The van der Waals surface area contributed by atoms with E-state index < -0.39 is 11.7 Å². The van der Waals surface area contributed by atoms with E-state index in [1.165, 1.54) is 11.3 Å². The van der Waals surface area contributed by atoms with Crippen LogP contribution < -0.4 is 5.32 Å². The van der Waals surface area contributed by atoms with E-state index in [9.17, 15) is 9.90 Å². The van der Waals surface area contributed by atoms with E-state index in [1.54, 1.807) is 6.92 Å². The van der Waals surface area contributed by atoms with Gasteiger partial charge < -0.3 is 15.3 Å². The van der Waals surface area contributed by atoms with Gasteiger partial charge >= 0.3 is 0 Å². The number of oxime groups is 1. The Kier molecular flexibility index (Phi) is 4.45. The lowest BCUT2D eigenvalue weighted by Gasteiger charge is -2.23. The molecule has 1 aliphatic rings. The maximum absolute atomic E-state index is 12.2. The van der Waals surface area contributed by atoms with Crippen LogP contribution in [-0.4, -0.2) is 29.4 Å². The van der Waals surface area contributed by atoms with Gasteiger partial charge in [0.1, 0.15) is 5.60 Å². The molecule has 2 N–H and O–H groups in total. The SMILES string of the molecule is C[C@](O)(CNC(=O)[C@H]1CC(c2ccccc2)=NO1)c1ccsc1. The fourth-order valence-corrected chi connectivity index (χ4v) is 3.15. The second kappa shape index (κ2) is 6.52. The van der Waals surface area contributed by atoms with Gasteiger partial charge in [-0.15, -0.1) is 0 Å². The van der Waals surface area contributed by atoms with Gasteiger partial charge in [0.15, 0.2) is 0 Å². The summed E-state index contributed by atoms with van der Waals surface area (Å²) in [5.41, 5.74) is 1.40. The Morgan fingerprint density at radius 3 is 2.91 bits per heavy atom. The Morgan fingerprint density at radius 2 is 2.22 bits per heavy atom. The molecule has 2 atom stereocenters. The molecule has 23 heavy (non-hydrogen) atoms. The lowest BCUT2D eigenvalue weighted by atomic mass is 9.99. The first kappa shape index (κ1) is 15.7. The fraction of sp³-hybridized carbons (Fsp3) is 0.294. The van der Waals surface area contributed by atoms with Crippen molar-refractivity contribution in [2.75, 3.05) is 6.54 Å². The number of hydrogen-bond donors (Lipinski definition) is 2. The molecule has 1 aliphatic heterocycles. The first-order valence-corrected chi connectivity index (χ1v) is 8.31. The lowest BCUT2D eigenvalue weighted by molar-refractivity contribution is -0.132. The largest absolute Gasteiger partial charge is 0.384 e. The van der Waals surface area contributed by atoms with E-state index in [0.717, 1.165) is 16.8 Å². The van der Waals surface area contributed by atoms with E-state index in [1.807, 2.05) is 47.2 Å². The highest BCUT2D eigenvalue weighted by Gasteiger charge is 2.31. The van der Waals surface area contributed by atoms with Crippen LogP contribution in [0.2, 0.25) is 0 Å². The van der Waals surface area contributed by atoms with E-state index in [2.05, 4.69) is 10.5 Å². The lowest BCUT2D eigenvalue weighted by Crippen LogP contribution is -2.42. The Morgan fingerprint density at radius 1 is 1.43 bits per heavy atom. The minimum absolute atomic E-state index is 0.128. The number of nitrogens with one attached hydrogen (secondary N) is 1. The molecule has 0 fully saturated rings. The zero-order valence-corrected chi connectivity index (χ0v) is 13.5. The third kappa shape index (κ3) is 3.60. The number of nitrogens with zero attached hydrogens (tertiary/aromatic N) is 1. The van der Waals surface area contributed by atoms with Crippen LogP contribution in [0.3, 0.4) is 0 Å². The van der Waals surface area contributed by atoms with Crippen molar-refractivity contribution in [1.82, 2.24) is 5.32 Å². The molecule has 1 aromatic heterocycles. The van der Waals surface area contributed by atoms with Gasteiger partial charge in [0.2, 0.25) is 6.10 Å². The second-order valence-corrected chi connectivity index (χ2v) is 6.49. The van der Waals surface area contributed by atoms with Gasteiger partial charge in [-0.2, -0.15) is 11.3 Å². The van der Waals surface area contributed by atoms with Crippen molar-refractivity contribution >= 4 is 23.0 Å². The monoisotopic (exact) mass is 330 g/mol. The normalized spacial score (nSPS) is 19.6.